The van der Waals surface area contributed by atoms with Gasteiger partial charge in [-0.15, -0.1) is 0 Å². The first-order valence-electron chi connectivity index (χ1n) is 8.04. The van der Waals surface area contributed by atoms with E-state index in [0.29, 0.717) is 18.4 Å². The number of rotatable bonds is 4. The second-order valence-electron chi connectivity index (χ2n) is 6.21. The van der Waals surface area contributed by atoms with E-state index in [4.69, 9.17) is 0 Å². The summed E-state index contributed by atoms with van der Waals surface area (Å²) < 4.78 is 0. The number of hydrogen-bond acceptors (Lipinski definition) is 3. The molecule has 21 heavy (non-hydrogen) atoms. The van der Waals surface area contributed by atoms with E-state index in [-0.39, 0.29) is 12.5 Å². The largest absolute Gasteiger partial charge is 0.396 e. The molecule has 3 rings (SSSR count). The zero-order chi connectivity index (χ0) is 14.7. The number of hydrogen-bond donors (Lipinski definition) is 3. The Morgan fingerprint density at radius 3 is 3.00 bits per heavy atom. The van der Waals surface area contributed by atoms with Gasteiger partial charge in [0.25, 0.3) is 5.91 Å². The van der Waals surface area contributed by atoms with Crippen molar-refractivity contribution in [2.75, 3.05) is 25.0 Å². The van der Waals surface area contributed by atoms with Crippen molar-refractivity contribution < 1.29 is 9.90 Å². The molecule has 3 N–H and O–H groups in total. The number of aliphatic hydroxyl groups is 1. The summed E-state index contributed by atoms with van der Waals surface area (Å²) in [6.07, 6.45) is 5.40. The van der Waals surface area contributed by atoms with Crippen molar-refractivity contribution in [1.82, 2.24) is 5.32 Å². The number of benzene rings is 1. The third-order valence-electron chi connectivity index (χ3n) is 4.92. The summed E-state index contributed by atoms with van der Waals surface area (Å²) in [5.74, 6) is 0.812. The van der Waals surface area contributed by atoms with Gasteiger partial charge in [0, 0.05) is 30.9 Å². The lowest BCUT2D eigenvalue weighted by molar-refractivity contribution is 0.0937. The maximum atomic E-state index is 12.5. The molecule has 1 aliphatic heterocycles. The second kappa shape index (κ2) is 6.48. The summed E-state index contributed by atoms with van der Waals surface area (Å²) in [4.78, 5) is 12.5. The summed E-state index contributed by atoms with van der Waals surface area (Å²) in [5.41, 5.74) is 3.05. The number of carbonyl (C=O) groups is 1. The van der Waals surface area contributed by atoms with Gasteiger partial charge in [-0.25, -0.2) is 0 Å². The maximum absolute atomic E-state index is 12.5. The summed E-state index contributed by atoms with van der Waals surface area (Å²) in [6.45, 7) is 1.91. The lowest BCUT2D eigenvalue weighted by Gasteiger charge is -2.22. The molecule has 114 valence electrons. The number of carbonyl (C=O) groups excluding carboxylic acids is 1. The van der Waals surface area contributed by atoms with Gasteiger partial charge in [0.05, 0.1) is 0 Å². The molecule has 0 aromatic heterocycles. The molecule has 2 atom stereocenters. The van der Waals surface area contributed by atoms with Gasteiger partial charge >= 0.3 is 0 Å². The van der Waals surface area contributed by atoms with E-state index in [1.54, 1.807) is 0 Å². The normalized spacial score (nSPS) is 24.2. The molecule has 4 nitrogen and oxygen atoms in total. The molecule has 1 heterocycles. The SMILES string of the molecule is O=C(NCC1CCCC1CO)c1cccc2c1CCCN2. The minimum atomic E-state index is 0.0270. The van der Waals surface area contributed by atoms with E-state index in [1.807, 2.05) is 18.2 Å². The van der Waals surface area contributed by atoms with E-state index in [9.17, 15) is 9.90 Å². The Hall–Kier alpha value is -1.55. The lowest BCUT2D eigenvalue weighted by atomic mass is 9.95. The van der Waals surface area contributed by atoms with Gasteiger partial charge in [-0.2, -0.15) is 0 Å². The molecule has 0 saturated heterocycles. The quantitative estimate of drug-likeness (QED) is 0.796. The molecule has 4 heteroatoms. The number of anilines is 1. The molecule has 1 aromatic rings. The van der Waals surface area contributed by atoms with Crippen LogP contribution in [0.4, 0.5) is 5.69 Å². The van der Waals surface area contributed by atoms with E-state index in [1.165, 1.54) is 0 Å². The molecular formula is C17H24N2O2. The average Bonchev–Trinajstić information content (AvgIpc) is 2.99. The topological polar surface area (TPSA) is 61.4 Å². The third-order valence-corrected chi connectivity index (χ3v) is 4.92. The minimum absolute atomic E-state index is 0.0270. The van der Waals surface area contributed by atoms with Crippen LogP contribution in [0.3, 0.4) is 0 Å². The molecule has 0 bridgehead atoms. The fourth-order valence-electron chi connectivity index (χ4n) is 3.66. The van der Waals surface area contributed by atoms with Gasteiger partial charge in [-0.05, 0) is 55.2 Å². The van der Waals surface area contributed by atoms with Gasteiger partial charge in [-0.3, -0.25) is 4.79 Å². The molecule has 0 spiro atoms. The van der Waals surface area contributed by atoms with Crippen molar-refractivity contribution in [2.24, 2.45) is 11.8 Å². The van der Waals surface area contributed by atoms with E-state index >= 15 is 0 Å². The fourth-order valence-corrected chi connectivity index (χ4v) is 3.66. The first-order chi connectivity index (χ1) is 10.3. The van der Waals surface area contributed by atoms with Crippen molar-refractivity contribution in [3.8, 4) is 0 Å². The number of fused-ring (bicyclic) bond motifs is 1. The van der Waals surface area contributed by atoms with Gasteiger partial charge in [0.1, 0.15) is 0 Å². The Labute approximate surface area is 125 Å². The Balaban J connectivity index is 1.66. The zero-order valence-corrected chi connectivity index (χ0v) is 12.4. The number of amides is 1. The first-order valence-corrected chi connectivity index (χ1v) is 8.04. The van der Waals surface area contributed by atoms with E-state index < -0.39 is 0 Å². The summed E-state index contributed by atoms with van der Waals surface area (Å²) in [7, 11) is 0. The molecule has 1 saturated carbocycles. The van der Waals surface area contributed by atoms with Crippen LogP contribution in [0.25, 0.3) is 0 Å². The predicted octanol–water partition coefficient (Wildman–Crippen LogP) is 2.18. The predicted molar refractivity (Wildman–Crippen MR) is 83.5 cm³/mol. The molecule has 1 amide bonds. The Morgan fingerprint density at radius 1 is 1.29 bits per heavy atom. The van der Waals surface area contributed by atoms with Crippen LogP contribution < -0.4 is 10.6 Å². The Bertz CT molecular complexity index is 516. The Kier molecular flexibility index (Phi) is 4.44. The number of nitrogens with one attached hydrogen (secondary N) is 2. The summed E-state index contributed by atoms with van der Waals surface area (Å²) >= 11 is 0. The average molecular weight is 288 g/mol. The van der Waals surface area contributed by atoms with Gasteiger partial charge in [0.15, 0.2) is 0 Å². The van der Waals surface area contributed by atoms with Crippen molar-refractivity contribution in [2.45, 2.75) is 32.1 Å². The van der Waals surface area contributed by atoms with Crippen LogP contribution in [-0.2, 0) is 6.42 Å². The highest BCUT2D eigenvalue weighted by Crippen LogP contribution is 2.31. The second-order valence-corrected chi connectivity index (χ2v) is 6.21. The molecule has 2 aliphatic rings. The van der Waals surface area contributed by atoms with Crippen LogP contribution in [0.1, 0.15) is 41.6 Å². The standard InChI is InChI=1S/C17H24N2O2/c20-11-13-5-1-4-12(13)10-19-17(21)15-6-2-8-16-14(15)7-3-9-18-16/h2,6,8,12-13,18,20H,1,3-5,7,9-11H2,(H,19,21). The Morgan fingerprint density at radius 2 is 2.14 bits per heavy atom. The highest BCUT2D eigenvalue weighted by molar-refractivity contribution is 5.97. The van der Waals surface area contributed by atoms with Crippen LogP contribution in [-0.4, -0.2) is 30.7 Å². The van der Waals surface area contributed by atoms with Crippen LogP contribution in [0.5, 0.6) is 0 Å². The monoisotopic (exact) mass is 288 g/mol. The van der Waals surface area contributed by atoms with Crippen LogP contribution in [0.15, 0.2) is 18.2 Å². The highest BCUT2D eigenvalue weighted by Gasteiger charge is 2.27. The molecule has 1 fully saturated rings. The molecular weight excluding hydrogens is 264 g/mol. The van der Waals surface area contributed by atoms with E-state index in [0.717, 1.165) is 55.5 Å². The van der Waals surface area contributed by atoms with Crippen molar-refractivity contribution in [1.29, 1.82) is 0 Å². The van der Waals surface area contributed by atoms with E-state index in [2.05, 4.69) is 10.6 Å². The smallest absolute Gasteiger partial charge is 0.251 e. The van der Waals surface area contributed by atoms with Crippen LogP contribution in [0, 0.1) is 11.8 Å². The summed E-state index contributed by atoms with van der Waals surface area (Å²) in [6, 6.07) is 5.90. The molecule has 1 aromatic carbocycles. The fraction of sp³-hybridized carbons (Fsp3) is 0.588. The zero-order valence-electron chi connectivity index (χ0n) is 12.4. The summed E-state index contributed by atoms with van der Waals surface area (Å²) in [5, 5.41) is 15.8. The molecule has 1 aliphatic carbocycles. The van der Waals surface area contributed by atoms with Crippen LogP contribution >= 0.6 is 0 Å². The van der Waals surface area contributed by atoms with Gasteiger partial charge in [0.2, 0.25) is 0 Å². The first kappa shape index (κ1) is 14.4. The van der Waals surface area contributed by atoms with Crippen molar-refractivity contribution in [3.05, 3.63) is 29.3 Å². The highest BCUT2D eigenvalue weighted by atomic mass is 16.3. The van der Waals surface area contributed by atoms with Gasteiger partial charge < -0.3 is 15.7 Å². The number of aliphatic hydroxyl groups excluding tert-OH is 1. The molecule has 0 radical (unpaired) electrons. The van der Waals surface area contributed by atoms with Crippen molar-refractivity contribution in [3.63, 3.8) is 0 Å². The van der Waals surface area contributed by atoms with Crippen molar-refractivity contribution >= 4 is 11.6 Å². The minimum Gasteiger partial charge on any atom is -0.396 e. The van der Waals surface area contributed by atoms with Crippen LogP contribution in [0.2, 0.25) is 0 Å². The lowest BCUT2D eigenvalue weighted by Crippen LogP contribution is -2.32. The maximum Gasteiger partial charge on any atom is 0.251 e. The third kappa shape index (κ3) is 3.05. The molecule has 2 unspecified atom stereocenters. The van der Waals surface area contributed by atoms with Gasteiger partial charge in [-0.1, -0.05) is 12.5 Å².